The largest absolute Gasteiger partial charge is 0.455 e. The smallest absolute Gasteiger partial charge is 0.185 e. The summed E-state index contributed by atoms with van der Waals surface area (Å²) in [6.45, 7) is 3.77. The van der Waals surface area contributed by atoms with Crippen LogP contribution in [0.4, 0.5) is 0 Å². The first-order valence-electron chi connectivity index (χ1n) is 6.21. The normalized spacial score (nSPS) is 10.5. The monoisotopic (exact) mass is 267 g/mol. The summed E-state index contributed by atoms with van der Waals surface area (Å²) in [5.41, 5.74) is 2.34. The molecule has 0 aliphatic carbocycles. The van der Waals surface area contributed by atoms with E-state index in [9.17, 15) is 0 Å². The molecule has 0 aromatic carbocycles. The van der Waals surface area contributed by atoms with Gasteiger partial charge in [-0.25, -0.2) is 0 Å². The molecule has 0 N–H and O–H groups in total. The Kier molecular flexibility index (Phi) is 3.16. The Morgan fingerprint density at radius 2 is 1.95 bits per heavy atom. The van der Waals surface area contributed by atoms with E-state index in [2.05, 4.69) is 15.1 Å². The van der Waals surface area contributed by atoms with Gasteiger partial charge in [0.1, 0.15) is 17.2 Å². The first-order chi connectivity index (χ1) is 9.72. The fourth-order valence-electron chi connectivity index (χ4n) is 1.80. The van der Waals surface area contributed by atoms with E-state index in [0.29, 0.717) is 17.2 Å². The van der Waals surface area contributed by atoms with E-state index in [1.54, 1.807) is 18.5 Å². The molecule has 3 aromatic rings. The molecule has 3 aromatic heterocycles. The van der Waals surface area contributed by atoms with Crippen LogP contribution in [0.5, 0.6) is 11.5 Å². The third kappa shape index (κ3) is 2.51. The molecule has 0 bridgehead atoms. The number of pyridine rings is 2. The summed E-state index contributed by atoms with van der Waals surface area (Å²) in [5, 5.41) is 3.85. The number of rotatable bonds is 3. The minimum Gasteiger partial charge on any atom is -0.455 e. The number of aromatic nitrogens is 3. The van der Waals surface area contributed by atoms with Gasteiger partial charge in [-0.1, -0.05) is 5.16 Å². The molecule has 5 heteroatoms. The number of aryl methyl sites for hydroxylation is 2. The van der Waals surface area contributed by atoms with Crippen LogP contribution in [0.15, 0.2) is 47.2 Å². The highest BCUT2D eigenvalue weighted by molar-refractivity contribution is 5.54. The molecule has 0 aliphatic rings. The SMILES string of the molecule is Cc1cc(-c2cc(Oc3cccnc3C)ccn2)on1. The molecule has 0 amide bonds. The Balaban J connectivity index is 1.90. The first kappa shape index (κ1) is 12.3. The minimum absolute atomic E-state index is 0.621. The van der Waals surface area contributed by atoms with Gasteiger partial charge in [0.05, 0.1) is 11.4 Å². The van der Waals surface area contributed by atoms with E-state index in [1.807, 2.05) is 38.1 Å². The van der Waals surface area contributed by atoms with E-state index in [0.717, 1.165) is 17.1 Å². The summed E-state index contributed by atoms with van der Waals surface area (Å²) in [4.78, 5) is 8.45. The predicted molar refractivity (Wildman–Crippen MR) is 73.5 cm³/mol. The van der Waals surface area contributed by atoms with E-state index >= 15 is 0 Å². The summed E-state index contributed by atoms with van der Waals surface area (Å²) >= 11 is 0. The van der Waals surface area contributed by atoms with Gasteiger partial charge in [0.2, 0.25) is 0 Å². The average molecular weight is 267 g/mol. The summed E-state index contributed by atoms with van der Waals surface area (Å²) in [5.74, 6) is 2.02. The van der Waals surface area contributed by atoms with Crippen molar-refractivity contribution < 1.29 is 9.26 Å². The lowest BCUT2D eigenvalue weighted by molar-refractivity contribution is 0.425. The third-order valence-corrected chi connectivity index (χ3v) is 2.80. The Bertz CT molecular complexity index is 737. The lowest BCUT2D eigenvalue weighted by atomic mass is 10.2. The number of nitrogens with zero attached hydrogens (tertiary/aromatic N) is 3. The van der Waals surface area contributed by atoms with Crippen molar-refractivity contribution in [3.8, 4) is 23.0 Å². The van der Waals surface area contributed by atoms with Gasteiger partial charge < -0.3 is 9.26 Å². The van der Waals surface area contributed by atoms with Gasteiger partial charge in [-0.2, -0.15) is 0 Å². The number of hydrogen-bond acceptors (Lipinski definition) is 5. The molecule has 0 aliphatic heterocycles. The maximum absolute atomic E-state index is 5.81. The Hall–Kier alpha value is -2.69. The van der Waals surface area contributed by atoms with Crippen LogP contribution in [0, 0.1) is 13.8 Å². The van der Waals surface area contributed by atoms with E-state index in [1.165, 1.54) is 0 Å². The predicted octanol–water partition coefficient (Wildman–Crippen LogP) is 3.54. The van der Waals surface area contributed by atoms with Crippen LogP contribution in [-0.4, -0.2) is 15.1 Å². The Morgan fingerprint density at radius 3 is 2.70 bits per heavy atom. The van der Waals surface area contributed by atoms with Crippen molar-refractivity contribution in [2.24, 2.45) is 0 Å². The lowest BCUT2D eigenvalue weighted by Crippen LogP contribution is -1.90. The zero-order valence-electron chi connectivity index (χ0n) is 11.2. The second kappa shape index (κ2) is 5.13. The fraction of sp³-hybridized carbons (Fsp3) is 0.133. The molecular formula is C15H13N3O2. The zero-order chi connectivity index (χ0) is 13.9. The summed E-state index contributed by atoms with van der Waals surface area (Å²) in [6.07, 6.45) is 3.41. The summed E-state index contributed by atoms with van der Waals surface area (Å²) < 4.78 is 11.0. The Morgan fingerprint density at radius 1 is 1.05 bits per heavy atom. The minimum atomic E-state index is 0.621. The Labute approximate surface area is 116 Å². The van der Waals surface area contributed by atoms with E-state index in [4.69, 9.17) is 9.26 Å². The van der Waals surface area contributed by atoms with Gasteiger partial charge in [0.25, 0.3) is 0 Å². The van der Waals surface area contributed by atoms with Crippen molar-refractivity contribution in [3.63, 3.8) is 0 Å². The van der Waals surface area contributed by atoms with Gasteiger partial charge in [-0.05, 0) is 32.0 Å². The summed E-state index contributed by atoms with van der Waals surface area (Å²) in [7, 11) is 0. The molecule has 0 spiro atoms. The second-order valence-electron chi connectivity index (χ2n) is 4.40. The van der Waals surface area contributed by atoms with Gasteiger partial charge in [0.15, 0.2) is 5.76 Å². The van der Waals surface area contributed by atoms with Crippen LogP contribution in [0.3, 0.4) is 0 Å². The van der Waals surface area contributed by atoms with E-state index < -0.39 is 0 Å². The standard InChI is InChI=1S/C15H13N3O2/c1-10-8-15(20-18-10)13-9-12(5-7-17-13)19-14-4-3-6-16-11(14)2/h3-9H,1-2H3. The number of ether oxygens (including phenoxy) is 1. The topological polar surface area (TPSA) is 61.0 Å². The van der Waals surface area contributed by atoms with Gasteiger partial charge in [-0.15, -0.1) is 0 Å². The molecular weight excluding hydrogens is 254 g/mol. The molecule has 5 nitrogen and oxygen atoms in total. The summed E-state index contributed by atoms with van der Waals surface area (Å²) in [6, 6.07) is 9.15. The van der Waals surface area contributed by atoms with E-state index in [-0.39, 0.29) is 0 Å². The molecule has 0 saturated carbocycles. The third-order valence-electron chi connectivity index (χ3n) is 2.80. The van der Waals surface area contributed by atoms with Crippen LogP contribution in [0.2, 0.25) is 0 Å². The molecule has 0 unspecified atom stereocenters. The molecule has 3 heterocycles. The van der Waals surface area contributed by atoms with Gasteiger partial charge in [-0.3, -0.25) is 9.97 Å². The first-order valence-corrected chi connectivity index (χ1v) is 6.21. The molecule has 0 fully saturated rings. The second-order valence-corrected chi connectivity index (χ2v) is 4.40. The zero-order valence-corrected chi connectivity index (χ0v) is 11.2. The van der Waals surface area contributed by atoms with Crippen LogP contribution >= 0.6 is 0 Å². The highest BCUT2D eigenvalue weighted by Gasteiger charge is 2.08. The van der Waals surface area contributed by atoms with Crippen molar-refractivity contribution in [3.05, 3.63) is 54.1 Å². The highest BCUT2D eigenvalue weighted by Crippen LogP contribution is 2.26. The van der Waals surface area contributed by atoms with Crippen LogP contribution in [0.25, 0.3) is 11.5 Å². The van der Waals surface area contributed by atoms with Crippen molar-refractivity contribution in [2.75, 3.05) is 0 Å². The molecule has 100 valence electrons. The van der Waals surface area contributed by atoms with Crippen molar-refractivity contribution in [2.45, 2.75) is 13.8 Å². The van der Waals surface area contributed by atoms with Gasteiger partial charge >= 0.3 is 0 Å². The van der Waals surface area contributed by atoms with Crippen LogP contribution in [0.1, 0.15) is 11.4 Å². The van der Waals surface area contributed by atoms with Crippen molar-refractivity contribution in [1.82, 2.24) is 15.1 Å². The van der Waals surface area contributed by atoms with Gasteiger partial charge in [0, 0.05) is 24.5 Å². The molecule has 0 atom stereocenters. The molecule has 0 radical (unpaired) electrons. The fourth-order valence-corrected chi connectivity index (χ4v) is 1.80. The number of hydrogen-bond donors (Lipinski definition) is 0. The lowest BCUT2D eigenvalue weighted by Gasteiger charge is -2.07. The molecule has 20 heavy (non-hydrogen) atoms. The van der Waals surface area contributed by atoms with Crippen LogP contribution in [-0.2, 0) is 0 Å². The maximum atomic E-state index is 5.81. The van der Waals surface area contributed by atoms with Crippen molar-refractivity contribution >= 4 is 0 Å². The molecule has 0 saturated heterocycles. The highest BCUT2D eigenvalue weighted by atomic mass is 16.5. The van der Waals surface area contributed by atoms with Crippen molar-refractivity contribution in [1.29, 1.82) is 0 Å². The average Bonchev–Trinajstić information content (AvgIpc) is 2.89. The quantitative estimate of drug-likeness (QED) is 0.726. The molecule has 3 rings (SSSR count). The maximum Gasteiger partial charge on any atom is 0.185 e. The van der Waals surface area contributed by atoms with Crippen LogP contribution < -0.4 is 4.74 Å².